The molecule has 1 saturated carbocycles. The van der Waals surface area contributed by atoms with Crippen molar-refractivity contribution in [2.24, 2.45) is 10.7 Å². The number of anilines is 1. The average molecular weight is 543 g/mol. The van der Waals surface area contributed by atoms with Crippen LogP contribution >= 0.6 is 15.9 Å². The van der Waals surface area contributed by atoms with Crippen LogP contribution in [0.1, 0.15) is 51.2 Å². The van der Waals surface area contributed by atoms with Gasteiger partial charge in [0, 0.05) is 22.8 Å². The molecule has 5 N–H and O–H groups in total. The number of hydrogen-bond donors (Lipinski definition) is 4. The fraction of sp³-hybridized carbons (Fsp3) is 0.400. The van der Waals surface area contributed by atoms with Gasteiger partial charge in [-0.1, -0.05) is 0 Å². The van der Waals surface area contributed by atoms with Crippen molar-refractivity contribution in [1.29, 1.82) is 0 Å². The lowest BCUT2D eigenvalue weighted by atomic mass is 10.1. The highest BCUT2D eigenvalue weighted by Crippen LogP contribution is 2.31. The lowest BCUT2D eigenvalue weighted by Gasteiger charge is -2.22. The Kier molecular flexibility index (Phi) is 6.93. The number of phenols is 1. The minimum Gasteiger partial charge on any atom is -0.508 e. The number of phenolic OH excluding ortho intramolecular Hbond substituents is 1. The number of fused-ring (bicyclic) bond motifs is 1. The van der Waals surface area contributed by atoms with E-state index >= 15 is 0 Å². The van der Waals surface area contributed by atoms with Crippen LogP contribution in [-0.2, 0) is 4.74 Å². The lowest BCUT2D eigenvalue weighted by Crippen LogP contribution is -2.38. The molecule has 0 spiro atoms. The molecule has 10 heteroatoms. The second-order valence-electron chi connectivity index (χ2n) is 9.89. The minimum absolute atomic E-state index is 0.0211. The quantitative estimate of drug-likeness (QED) is 0.265. The van der Waals surface area contributed by atoms with Crippen LogP contribution in [0.3, 0.4) is 0 Å². The van der Waals surface area contributed by atoms with Gasteiger partial charge >= 0.3 is 6.09 Å². The van der Waals surface area contributed by atoms with Crippen molar-refractivity contribution in [2.45, 2.75) is 64.6 Å². The van der Waals surface area contributed by atoms with Crippen molar-refractivity contribution in [3.63, 3.8) is 0 Å². The van der Waals surface area contributed by atoms with Crippen LogP contribution in [-0.4, -0.2) is 44.3 Å². The number of amidine groups is 1. The topological polar surface area (TPSA) is 126 Å². The third-order valence-electron chi connectivity index (χ3n) is 5.80. The number of aromatic hydroxyl groups is 1. The number of ether oxygens (including phenoxy) is 1. The number of nitrogens with two attached hydrogens (primary N) is 1. The number of halogens is 1. The number of hydrogen-bond acceptors (Lipinski definition) is 6. The first-order chi connectivity index (χ1) is 16.5. The van der Waals surface area contributed by atoms with Crippen LogP contribution < -0.4 is 16.4 Å². The van der Waals surface area contributed by atoms with Gasteiger partial charge in [-0.3, -0.25) is 0 Å². The molecule has 1 amide bonds. The zero-order valence-electron chi connectivity index (χ0n) is 20.3. The lowest BCUT2D eigenvalue weighted by molar-refractivity contribution is 0.0505. The molecule has 186 valence electrons. The number of carbonyl (C=O) groups is 1. The molecule has 2 aromatic heterocycles. The first-order valence-corrected chi connectivity index (χ1v) is 12.3. The first kappa shape index (κ1) is 24.8. The number of nitrogens with zero attached hydrogens (tertiary/aromatic N) is 3. The molecule has 1 aliphatic carbocycles. The number of aromatic nitrogens is 2. The largest absolute Gasteiger partial charge is 0.508 e. The summed E-state index contributed by atoms with van der Waals surface area (Å²) < 4.78 is 8.08. The van der Waals surface area contributed by atoms with Crippen molar-refractivity contribution >= 4 is 44.8 Å². The Balaban J connectivity index is 1.59. The van der Waals surface area contributed by atoms with E-state index in [0.29, 0.717) is 17.1 Å². The molecule has 35 heavy (non-hydrogen) atoms. The summed E-state index contributed by atoms with van der Waals surface area (Å²) in [6.45, 7) is 7.42. The smallest absolute Gasteiger partial charge is 0.407 e. The number of aliphatic imine (C=N–C) groups is 1. The Labute approximate surface area is 212 Å². The van der Waals surface area contributed by atoms with Crippen molar-refractivity contribution in [2.75, 3.05) is 5.32 Å². The molecular weight excluding hydrogens is 512 g/mol. The Hall–Kier alpha value is -3.27. The van der Waals surface area contributed by atoms with Gasteiger partial charge in [0.25, 0.3) is 0 Å². The number of nitrogens with one attached hydrogen (secondary N) is 2. The van der Waals surface area contributed by atoms with E-state index in [4.69, 9.17) is 10.5 Å². The molecule has 0 bridgehead atoms. The summed E-state index contributed by atoms with van der Waals surface area (Å²) in [5.41, 5.74) is 9.79. The number of amides is 1. The average Bonchev–Trinajstić information content (AvgIpc) is 3.34. The van der Waals surface area contributed by atoms with Gasteiger partial charge in [-0.25, -0.2) is 14.3 Å². The summed E-state index contributed by atoms with van der Waals surface area (Å²) in [5, 5.41) is 20.8. The minimum atomic E-state index is -0.535. The van der Waals surface area contributed by atoms with E-state index in [-0.39, 0.29) is 17.8 Å². The number of alkyl carbamates (subject to hydrolysis) is 1. The zero-order valence-corrected chi connectivity index (χ0v) is 21.9. The standard InChI is InChI=1S/C25H31BrN6O3/c1-14-9-18(33)7-8-20(14)31-23(27)19-12-28-32-13-15(26)10-21(32)22(19)29-16-5-6-17(11-16)30-24(34)35-25(2,3)4/h7-10,12-13,16-17,29,33H,5-6,11H2,1-4H3,(H2,27,31)(H,30,34)/t16-,17+/m1/s1. The summed E-state index contributed by atoms with van der Waals surface area (Å²) >= 11 is 3.53. The maximum Gasteiger partial charge on any atom is 0.407 e. The fourth-order valence-corrected chi connectivity index (χ4v) is 4.66. The van der Waals surface area contributed by atoms with Gasteiger partial charge in [0.1, 0.15) is 17.2 Å². The normalized spacial score (nSPS) is 18.6. The Bertz CT molecular complexity index is 1280. The fourth-order valence-electron chi connectivity index (χ4n) is 4.25. The molecule has 0 unspecified atom stereocenters. The maximum absolute atomic E-state index is 12.2. The van der Waals surface area contributed by atoms with E-state index in [0.717, 1.165) is 40.5 Å². The number of benzene rings is 1. The van der Waals surface area contributed by atoms with Crippen LogP contribution in [0.15, 0.2) is 46.1 Å². The van der Waals surface area contributed by atoms with Gasteiger partial charge in [-0.15, -0.1) is 0 Å². The summed E-state index contributed by atoms with van der Waals surface area (Å²) in [5.74, 6) is 0.495. The molecule has 0 aliphatic heterocycles. The monoisotopic (exact) mass is 542 g/mol. The highest BCUT2D eigenvalue weighted by Gasteiger charge is 2.29. The van der Waals surface area contributed by atoms with Crippen molar-refractivity contribution in [1.82, 2.24) is 14.9 Å². The molecule has 4 rings (SSSR count). The van der Waals surface area contributed by atoms with E-state index in [1.165, 1.54) is 0 Å². The van der Waals surface area contributed by atoms with Gasteiger partial charge in [-0.2, -0.15) is 5.10 Å². The molecule has 3 aromatic rings. The van der Waals surface area contributed by atoms with E-state index in [1.807, 2.05) is 40.0 Å². The van der Waals surface area contributed by atoms with Crippen molar-refractivity contribution < 1.29 is 14.6 Å². The first-order valence-electron chi connectivity index (χ1n) is 11.6. The third-order valence-corrected chi connectivity index (χ3v) is 6.24. The van der Waals surface area contributed by atoms with Gasteiger partial charge in [0.2, 0.25) is 0 Å². The summed E-state index contributed by atoms with van der Waals surface area (Å²) in [6, 6.07) is 7.08. The van der Waals surface area contributed by atoms with Gasteiger partial charge in [0.15, 0.2) is 0 Å². The van der Waals surface area contributed by atoms with Gasteiger partial charge < -0.3 is 26.2 Å². The molecule has 1 aromatic carbocycles. The zero-order chi connectivity index (χ0) is 25.3. The van der Waals surface area contributed by atoms with Crippen molar-refractivity contribution in [3.8, 4) is 5.75 Å². The highest BCUT2D eigenvalue weighted by molar-refractivity contribution is 9.10. The summed E-state index contributed by atoms with van der Waals surface area (Å²) in [4.78, 5) is 16.8. The molecule has 2 atom stereocenters. The maximum atomic E-state index is 12.2. The second-order valence-corrected chi connectivity index (χ2v) is 10.8. The van der Waals surface area contributed by atoms with Crippen LogP contribution in [0.4, 0.5) is 16.2 Å². The SMILES string of the molecule is Cc1cc(O)ccc1/N=C(\N)c1cnn2cc(Br)cc2c1N[C@@H]1CC[C@H](NC(=O)OC(C)(C)C)C1. The van der Waals surface area contributed by atoms with Crippen LogP contribution in [0.25, 0.3) is 5.52 Å². The van der Waals surface area contributed by atoms with E-state index in [9.17, 15) is 9.90 Å². The molecule has 0 saturated heterocycles. The van der Waals surface area contributed by atoms with Crippen LogP contribution in [0, 0.1) is 6.92 Å². The Morgan fingerprint density at radius 3 is 2.74 bits per heavy atom. The van der Waals surface area contributed by atoms with Crippen molar-refractivity contribution in [3.05, 3.63) is 52.3 Å². The van der Waals surface area contributed by atoms with E-state index in [2.05, 4.69) is 36.7 Å². The number of carbonyl (C=O) groups excluding carboxylic acids is 1. The van der Waals surface area contributed by atoms with E-state index in [1.54, 1.807) is 28.9 Å². The predicted molar refractivity (Wildman–Crippen MR) is 141 cm³/mol. The number of aryl methyl sites for hydroxylation is 1. The van der Waals surface area contributed by atoms with Gasteiger partial charge in [0.05, 0.1) is 28.7 Å². The molecule has 1 aliphatic rings. The number of rotatable bonds is 5. The van der Waals surface area contributed by atoms with E-state index < -0.39 is 11.7 Å². The Morgan fingerprint density at radius 1 is 1.29 bits per heavy atom. The molecule has 2 heterocycles. The predicted octanol–water partition coefficient (Wildman–Crippen LogP) is 5.01. The van der Waals surface area contributed by atoms with Gasteiger partial charge in [-0.05, 0) is 92.7 Å². The second kappa shape index (κ2) is 9.77. The highest BCUT2D eigenvalue weighted by atomic mass is 79.9. The molecular formula is C25H31BrN6O3. The van der Waals surface area contributed by atoms with Crippen LogP contribution in [0.2, 0.25) is 0 Å². The summed E-state index contributed by atoms with van der Waals surface area (Å²) in [6.07, 6.45) is 5.65. The molecule has 1 fully saturated rings. The molecule has 0 radical (unpaired) electrons. The van der Waals surface area contributed by atoms with Crippen LogP contribution in [0.5, 0.6) is 5.75 Å². The third kappa shape index (κ3) is 6.05. The molecule has 9 nitrogen and oxygen atoms in total. The Morgan fingerprint density at radius 2 is 2.03 bits per heavy atom. The summed E-state index contributed by atoms with van der Waals surface area (Å²) in [7, 11) is 0.